The highest BCUT2D eigenvalue weighted by molar-refractivity contribution is 14.0. The van der Waals surface area contributed by atoms with Crippen LogP contribution in [0.5, 0.6) is 0 Å². The highest BCUT2D eigenvalue weighted by Gasteiger charge is 2.23. The molecule has 0 saturated carbocycles. The lowest BCUT2D eigenvalue weighted by Gasteiger charge is -2.29. The number of nitrogens with one attached hydrogen (secondary N) is 1. The fourth-order valence-corrected chi connectivity index (χ4v) is 4.16. The Morgan fingerprint density at radius 3 is 2.48 bits per heavy atom. The van der Waals surface area contributed by atoms with Crippen molar-refractivity contribution < 1.29 is 4.79 Å². The third-order valence-electron chi connectivity index (χ3n) is 5.69. The summed E-state index contributed by atoms with van der Waals surface area (Å²) in [6.45, 7) is 3.27. The molecule has 0 atom stereocenters. The smallest absolute Gasteiger partial charge is 0.222 e. The van der Waals surface area contributed by atoms with E-state index in [0.29, 0.717) is 6.42 Å². The van der Waals surface area contributed by atoms with E-state index in [1.54, 1.807) is 0 Å². The average molecular weight is 504 g/mol. The van der Waals surface area contributed by atoms with E-state index in [9.17, 15) is 4.79 Å². The van der Waals surface area contributed by atoms with Gasteiger partial charge in [0.25, 0.3) is 0 Å². The number of anilines is 1. The van der Waals surface area contributed by atoms with Gasteiger partial charge in [0.15, 0.2) is 5.96 Å². The molecule has 0 spiro atoms. The lowest BCUT2D eigenvalue weighted by molar-refractivity contribution is -0.132. The molecule has 0 unspecified atom stereocenters. The van der Waals surface area contributed by atoms with Gasteiger partial charge in [0.05, 0.1) is 0 Å². The van der Waals surface area contributed by atoms with Crippen LogP contribution in [0.4, 0.5) is 5.69 Å². The standard InChI is InChI=1S/C23H28N4O.HI/c1-24-23(27-16-13-19-8-4-5-10-21(19)27)25-14-6-11-22(28)26-15-12-18-7-2-3-9-20(18)17-26;/h2-5,7-10H,6,11-17H2,1H3,(H,24,25);1H. The number of nitrogens with zero attached hydrogens (tertiary/aromatic N) is 3. The van der Waals surface area contributed by atoms with Gasteiger partial charge in [-0.05, 0) is 42.0 Å². The van der Waals surface area contributed by atoms with E-state index in [1.807, 2.05) is 11.9 Å². The van der Waals surface area contributed by atoms with Crippen molar-refractivity contribution in [1.29, 1.82) is 0 Å². The van der Waals surface area contributed by atoms with E-state index in [2.05, 4.69) is 63.7 Å². The summed E-state index contributed by atoms with van der Waals surface area (Å²) in [7, 11) is 1.82. The summed E-state index contributed by atoms with van der Waals surface area (Å²) in [5.41, 5.74) is 5.26. The van der Waals surface area contributed by atoms with E-state index < -0.39 is 0 Å². The number of benzene rings is 2. The highest BCUT2D eigenvalue weighted by atomic mass is 127. The lowest BCUT2D eigenvalue weighted by atomic mass is 9.99. The Morgan fingerprint density at radius 2 is 1.69 bits per heavy atom. The maximum Gasteiger partial charge on any atom is 0.222 e. The Morgan fingerprint density at radius 1 is 1.00 bits per heavy atom. The minimum absolute atomic E-state index is 0. The molecule has 2 aromatic rings. The third kappa shape index (κ3) is 4.91. The van der Waals surface area contributed by atoms with Gasteiger partial charge in [-0.15, -0.1) is 24.0 Å². The van der Waals surface area contributed by atoms with Crippen LogP contribution >= 0.6 is 24.0 Å². The minimum atomic E-state index is 0. The summed E-state index contributed by atoms with van der Waals surface area (Å²) in [4.78, 5) is 21.3. The molecule has 5 nitrogen and oxygen atoms in total. The molecule has 2 aliphatic heterocycles. The Hall–Kier alpha value is -2.09. The number of guanidine groups is 1. The molecule has 0 saturated heterocycles. The Labute approximate surface area is 190 Å². The molecular formula is C23H29IN4O. The molecular weight excluding hydrogens is 475 g/mol. The fourth-order valence-electron chi connectivity index (χ4n) is 4.16. The molecule has 1 amide bonds. The third-order valence-corrected chi connectivity index (χ3v) is 5.69. The summed E-state index contributed by atoms with van der Waals surface area (Å²) >= 11 is 0. The van der Waals surface area contributed by atoms with Crippen molar-refractivity contribution >= 4 is 41.5 Å². The molecule has 2 aliphatic rings. The number of amides is 1. The van der Waals surface area contributed by atoms with E-state index in [0.717, 1.165) is 51.4 Å². The molecule has 0 radical (unpaired) electrons. The second-order valence-electron chi connectivity index (χ2n) is 7.44. The second kappa shape index (κ2) is 10.1. The summed E-state index contributed by atoms with van der Waals surface area (Å²) in [6, 6.07) is 16.9. The van der Waals surface area contributed by atoms with Gasteiger partial charge in [-0.25, -0.2) is 0 Å². The van der Waals surface area contributed by atoms with Gasteiger partial charge in [-0.3, -0.25) is 9.79 Å². The molecule has 4 rings (SSSR count). The van der Waals surface area contributed by atoms with Gasteiger partial charge in [0.1, 0.15) is 0 Å². The van der Waals surface area contributed by atoms with Crippen LogP contribution in [0.15, 0.2) is 53.5 Å². The van der Waals surface area contributed by atoms with E-state index in [-0.39, 0.29) is 29.9 Å². The van der Waals surface area contributed by atoms with Gasteiger partial charge in [0, 0.05) is 45.3 Å². The van der Waals surface area contributed by atoms with E-state index in [4.69, 9.17) is 0 Å². The summed E-state index contributed by atoms with van der Waals surface area (Å²) in [5, 5.41) is 3.43. The predicted octanol–water partition coefficient (Wildman–Crippen LogP) is 3.61. The van der Waals surface area contributed by atoms with E-state index >= 15 is 0 Å². The molecule has 1 N–H and O–H groups in total. The molecule has 29 heavy (non-hydrogen) atoms. The zero-order chi connectivity index (χ0) is 19.3. The van der Waals surface area contributed by atoms with Crippen LogP contribution in [0.25, 0.3) is 0 Å². The van der Waals surface area contributed by atoms with Gasteiger partial charge >= 0.3 is 0 Å². The first-order chi connectivity index (χ1) is 13.8. The number of aliphatic imine (C=N–C) groups is 1. The Kier molecular flexibility index (Phi) is 7.52. The number of fused-ring (bicyclic) bond motifs is 2. The summed E-state index contributed by atoms with van der Waals surface area (Å²) < 4.78 is 0. The maximum atomic E-state index is 12.6. The Balaban J connectivity index is 0.00000240. The summed E-state index contributed by atoms with van der Waals surface area (Å²) in [5.74, 6) is 1.14. The van der Waals surface area contributed by atoms with Crippen LogP contribution in [-0.4, -0.2) is 43.4 Å². The number of halogens is 1. The molecule has 2 heterocycles. The maximum absolute atomic E-state index is 12.6. The molecule has 0 bridgehead atoms. The molecule has 0 aromatic heterocycles. The minimum Gasteiger partial charge on any atom is -0.356 e. The van der Waals surface area contributed by atoms with Crippen molar-refractivity contribution in [2.75, 3.05) is 31.6 Å². The van der Waals surface area contributed by atoms with Crippen LogP contribution in [0, 0.1) is 0 Å². The molecule has 154 valence electrons. The van der Waals surface area contributed by atoms with Crippen LogP contribution < -0.4 is 10.2 Å². The highest BCUT2D eigenvalue weighted by Crippen LogP contribution is 2.27. The summed E-state index contributed by atoms with van der Waals surface area (Å²) in [6.07, 6.45) is 3.39. The van der Waals surface area contributed by atoms with Crippen molar-refractivity contribution in [1.82, 2.24) is 10.2 Å². The van der Waals surface area contributed by atoms with Crippen LogP contribution in [0.3, 0.4) is 0 Å². The number of hydrogen-bond acceptors (Lipinski definition) is 2. The van der Waals surface area contributed by atoms with E-state index in [1.165, 1.54) is 22.4 Å². The topological polar surface area (TPSA) is 47.9 Å². The first kappa shape index (κ1) is 21.6. The molecule has 6 heteroatoms. The molecule has 0 fully saturated rings. The quantitative estimate of drug-likeness (QED) is 0.300. The van der Waals surface area contributed by atoms with Gasteiger partial charge in [-0.1, -0.05) is 42.5 Å². The predicted molar refractivity (Wildman–Crippen MR) is 129 cm³/mol. The van der Waals surface area contributed by atoms with Gasteiger partial charge in [0.2, 0.25) is 5.91 Å². The number of para-hydroxylation sites is 1. The Bertz CT molecular complexity index is 883. The first-order valence-electron chi connectivity index (χ1n) is 10.2. The van der Waals surface area contributed by atoms with Crippen molar-refractivity contribution in [2.45, 2.75) is 32.2 Å². The number of rotatable bonds is 4. The molecule has 0 aliphatic carbocycles. The second-order valence-corrected chi connectivity index (χ2v) is 7.44. The number of carbonyl (C=O) groups excluding carboxylic acids is 1. The SMILES string of the molecule is CN=C(NCCCC(=O)N1CCc2ccccc2C1)N1CCc2ccccc21.I. The van der Waals surface area contributed by atoms with Gasteiger partial charge < -0.3 is 15.1 Å². The monoisotopic (exact) mass is 504 g/mol. The van der Waals surface area contributed by atoms with Crippen LogP contribution in [0.2, 0.25) is 0 Å². The first-order valence-corrected chi connectivity index (χ1v) is 10.2. The van der Waals surface area contributed by atoms with Crippen molar-refractivity contribution in [3.8, 4) is 0 Å². The van der Waals surface area contributed by atoms with Crippen LogP contribution in [-0.2, 0) is 24.2 Å². The average Bonchev–Trinajstić information content (AvgIpc) is 3.17. The number of hydrogen-bond donors (Lipinski definition) is 1. The normalized spacial score (nSPS) is 15.4. The van der Waals surface area contributed by atoms with Crippen molar-refractivity contribution in [3.05, 3.63) is 65.2 Å². The van der Waals surface area contributed by atoms with Gasteiger partial charge in [-0.2, -0.15) is 0 Å². The zero-order valence-electron chi connectivity index (χ0n) is 16.9. The van der Waals surface area contributed by atoms with Crippen molar-refractivity contribution in [3.63, 3.8) is 0 Å². The molecule has 2 aromatic carbocycles. The number of carbonyl (C=O) groups is 1. The zero-order valence-corrected chi connectivity index (χ0v) is 19.3. The lowest BCUT2D eigenvalue weighted by Crippen LogP contribution is -2.41. The van der Waals surface area contributed by atoms with Crippen molar-refractivity contribution in [2.24, 2.45) is 4.99 Å². The largest absolute Gasteiger partial charge is 0.356 e. The van der Waals surface area contributed by atoms with Crippen LogP contribution in [0.1, 0.15) is 29.5 Å². The fraction of sp³-hybridized carbons (Fsp3) is 0.391.